The molecule has 2 nitrogen and oxygen atoms in total. The van der Waals surface area contributed by atoms with Crippen molar-refractivity contribution in [2.24, 2.45) is 0 Å². The van der Waals surface area contributed by atoms with Gasteiger partial charge in [-0.2, -0.15) is 0 Å². The number of benzene rings is 9. The normalized spacial score (nSPS) is 13.1. The Labute approximate surface area is 320 Å². The summed E-state index contributed by atoms with van der Waals surface area (Å²) in [7, 11) is 0. The minimum atomic E-state index is -0.0504. The predicted octanol–water partition coefficient (Wildman–Crippen LogP) is 15.0. The van der Waals surface area contributed by atoms with Crippen molar-refractivity contribution >= 4 is 60.5 Å². The van der Waals surface area contributed by atoms with E-state index in [4.69, 9.17) is 4.42 Å². The highest BCUT2D eigenvalue weighted by Gasteiger charge is 2.35. The number of furan rings is 1. The van der Waals surface area contributed by atoms with Gasteiger partial charge in [-0.3, -0.25) is 0 Å². The van der Waals surface area contributed by atoms with Gasteiger partial charge in [0.05, 0.1) is 0 Å². The lowest BCUT2D eigenvalue weighted by atomic mass is 9.82. The molecule has 0 spiro atoms. The van der Waals surface area contributed by atoms with Crippen molar-refractivity contribution in [2.75, 3.05) is 4.90 Å². The number of hydrogen-bond donors (Lipinski definition) is 0. The first-order chi connectivity index (χ1) is 27.0. The van der Waals surface area contributed by atoms with Gasteiger partial charge >= 0.3 is 0 Å². The van der Waals surface area contributed by atoms with E-state index in [0.29, 0.717) is 0 Å². The van der Waals surface area contributed by atoms with Crippen LogP contribution in [-0.4, -0.2) is 0 Å². The predicted molar refractivity (Wildman–Crippen MR) is 232 cm³/mol. The third-order valence-corrected chi connectivity index (χ3v) is 11.9. The van der Waals surface area contributed by atoms with Gasteiger partial charge in [-0.15, -0.1) is 0 Å². The van der Waals surface area contributed by atoms with Crippen molar-refractivity contribution in [3.8, 4) is 33.4 Å². The van der Waals surface area contributed by atoms with Gasteiger partial charge < -0.3 is 9.32 Å². The van der Waals surface area contributed by atoms with Crippen LogP contribution in [0.15, 0.2) is 192 Å². The molecule has 0 aliphatic heterocycles. The van der Waals surface area contributed by atoms with Crippen molar-refractivity contribution in [3.63, 3.8) is 0 Å². The van der Waals surface area contributed by atoms with Gasteiger partial charge in [0, 0.05) is 33.2 Å². The van der Waals surface area contributed by atoms with Crippen molar-refractivity contribution < 1.29 is 4.42 Å². The summed E-state index contributed by atoms with van der Waals surface area (Å²) in [4.78, 5) is 2.40. The van der Waals surface area contributed by atoms with E-state index in [1.807, 2.05) is 12.1 Å². The van der Waals surface area contributed by atoms with Gasteiger partial charge in [0.2, 0.25) is 0 Å². The Kier molecular flexibility index (Phi) is 6.93. The lowest BCUT2D eigenvalue weighted by molar-refractivity contribution is 0.660. The van der Waals surface area contributed by atoms with E-state index in [0.717, 1.165) is 33.6 Å². The molecule has 0 radical (unpaired) electrons. The second-order valence-electron chi connectivity index (χ2n) is 15.3. The third kappa shape index (κ3) is 4.95. The van der Waals surface area contributed by atoms with Gasteiger partial charge in [0.25, 0.3) is 0 Å². The molecular formula is C53H37NO. The van der Waals surface area contributed by atoms with Gasteiger partial charge in [-0.05, 0) is 121 Å². The number of para-hydroxylation sites is 1. The Morgan fingerprint density at radius 2 is 0.982 bits per heavy atom. The fourth-order valence-corrected chi connectivity index (χ4v) is 9.09. The summed E-state index contributed by atoms with van der Waals surface area (Å²) < 4.78 is 6.24. The lowest BCUT2D eigenvalue weighted by Gasteiger charge is -2.27. The largest absolute Gasteiger partial charge is 0.456 e. The quantitative estimate of drug-likeness (QED) is 0.177. The maximum absolute atomic E-state index is 6.24. The average Bonchev–Trinajstić information content (AvgIpc) is 3.73. The number of hydrogen-bond acceptors (Lipinski definition) is 2. The van der Waals surface area contributed by atoms with Crippen LogP contribution in [-0.2, 0) is 5.41 Å². The fourth-order valence-electron chi connectivity index (χ4n) is 9.09. The molecule has 11 rings (SSSR count). The first-order valence-corrected chi connectivity index (χ1v) is 19.1. The zero-order valence-electron chi connectivity index (χ0n) is 30.8. The molecule has 0 unspecified atom stereocenters. The first-order valence-electron chi connectivity index (χ1n) is 19.1. The van der Waals surface area contributed by atoms with Crippen LogP contribution in [0.3, 0.4) is 0 Å². The molecule has 0 N–H and O–H groups in total. The van der Waals surface area contributed by atoms with Crippen molar-refractivity contribution in [2.45, 2.75) is 19.3 Å². The molecule has 1 aromatic heterocycles. The summed E-state index contributed by atoms with van der Waals surface area (Å²) >= 11 is 0. The molecule has 0 saturated heterocycles. The van der Waals surface area contributed by atoms with Crippen LogP contribution in [0.1, 0.15) is 25.0 Å². The Balaban J connectivity index is 1.03. The molecule has 0 saturated carbocycles. The van der Waals surface area contributed by atoms with Crippen LogP contribution in [0.2, 0.25) is 0 Å². The lowest BCUT2D eigenvalue weighted by Crippen LogP contribution is -2.15. The molecule has 1 aliphatic rings. The highest BCUT2D eigenvalue weighted by atomic mass is 16.3. The molecule has 0 atom stereocenters. The van der Waals surface area contributed by atoms with E-state index in [-0.39, 0.29) is 5.41 Å². The topological polar surface area (TPSA) is 16.4 Å². The fraction of sp³-hybridized carbons (Fsp3) is 0.0566. The Hall–Kier alpha value is -6.90. The van der Waals surface area contributed by atoms with Gasteiger partial charge in [-0.25, -0.2) is 0 Å². The Bertz CT molecular complexity index is 3110. The van der Waals surface area contributed by atoms with Crippen molar-refractivity contribution in [1.82, 2.24) is 0 Å². The molecule has 1 aliphatic carbocycles. The molecule has 260 valence electrons. The van der Waals surface area contributed by atoms with E-state index in [9.17, 15) is 0 Å². The molecule has 9 aromatic carbocycles. The molecule has 10 aromatic rings. The minimum Gasteiger partial charge on any atom is -0.456 e. The van der Waals surface area contributed by atoms with Crippen molar-refractivity contribution in [3.05, 3.63) is 199 Å². The highest BCUT2D eigenvalue weighted by Crippen LogP contribution is 2.51. The zero-order chi connectivity index (χ0) is 36.7. The van der Waals surface area contributed by atoms with Crippen LogP contribution in [0.25, 0.3) is 76.9 Å². The summed E-state index contributed by atoms with van der Waals surface area (Å²) in [5.41, 5.74) is 15.3. The molecule has 0 bridgehead atoms. The SMILES string of the molecule is CC1(C)c2ccccc2-c2cc(N(c3ccc(-c4ccc5ccc6oc7ccccc7c6c5c4)cc3)c3ccc(-c4cccc5ccccc45)cc3)ccc21. The number of rotatable bonds is 5. The maximum atomic E-state index is 6.24. The van der Waals surface area contributed by atoms with Crippen LogP contribution in [0.5, 0.6) is 0 Å². The van der Waals surface area contributed by atoms with Gasteiger partial charge in [0.15, 0.2) is 0 Å². The molecule has 2 heteroatoms. The van der Waals surface area contributed by atoms with Gasteiger partial charge in [-0.1, -0.05) is 147 Å². The average molecular weight is 704 g/mol. The number of fused-ring (bicyclic) bond motifs is 9. The molecule has 0 fully saturated rings. The molecular weight excluding hydrogens is 667 g/mol. The molecule has 0 amide bonds. The minimum absolute atomic E-state index is 0.0504. The third-order valence-electron chi connectivity index (χ3n) is 11.9. The van der Waals surface area contributed by atoms with Crippen LogP contribution < -0.4 is 4.90 Å². The van der Waals surface area contributed by atoms with Crippen LogP contribution >= 0.6 is 0 Å². The maximum Gasteiger partial charge on any atom is 0.136 e. The summed E-state index contributed by atoms with van der Waals surface area (Å²) in [6.07, 6.45) is 0. The Morgan fingerprint density at radius 1 is 0.382 bits per heavy atom. The second kappa shape index (κ2) is 12.1. The summed E-state index contributed by atoms with van der Waals surface area (Å²) in [6.45, 7) is 4.68. The number of anilines is 3. The van der Waals surface area contributed by atoms with E-state index in [2.05, 4.69) is 195 Å². The summed E-state index contributed by atoms with van der Waals surface area (Å²) in [5, 5.41) is 7.25. The summed E-state index contributed by atoms with van der Waals surface area (Å²) in [6, 6.07) is 68.5. The van der Waals surface area contributed by atoms with E-state index >= 15 is 0 Å². The highest BCUT2D eigenvalue weighted by molar-refractivity contribution is 6.19. The standard InChI is InChI=1S/C53H37NO/c1-53(2)48-16-7-5-13-44(48)47-33-41(29-30-49(47)53)54(40-27-22-36(23-28-40)43-15-9-11-35-10-3-4-12-42(35)43)39-25-20-34(21-26-39)38-19-18-37-24-31-51-52(46(37)32-38)45-14-6-8-17-50(45)55-51/h3-33H,1-2H3. The smallest absolute Gasteiger partial charge is 0.136 e. The van der Waals surface area contributed by atoms with E-state index in [1.54, 1.807) is 0 Å². The van der Waals surface area contributed by atoms with Crippen LogP contribution in [0.4, 0.5) is 17.1 Å². The molecule has 55 heavy (non-hydrogen) atoms. The van der Waals surface area contributed by atoms with Gasteiger partial charge in [0.1, 0.15) is 11.2 Å². The molecule has 1 heterocycles. The Morgan fingerprint density at radius 3 is 1.82 bits per heavy atom. The van der Waals surface area contributed by atoms with E-state index in [1.165, 1.54) is 71.4 Å². The van der Waals surface area contributed by atoms with E-state index < -0.39 is 0 Å². The summed E-state index contributed by atoms with van der Waals surface area (Å²) in [5.74, 6) is 0. The first kappa shape index (κ1) is 31.6. The zero-order valence-corrected chi connectivity index (χ0v) is 30.8. The number of nitrogens with zero attached hydrogens (tertiary/aromatic N) is 1. The van der Waals surface area contributed by atoms with Crippen LogP contribution in [0, 0.1) is 0 Å². The second-order valence-corrected chi connectivity index (χ2v) is 15.3. The monoisotopic (exact) mass is 703 g/mol. The van der Waals surface area contributed by atoms with Crippen molar-refractivity contribution in [1.29, 1.82) is 0 Å².